The van der Waals surface area contributed by atoms with E-state index < -0.39 is 28.1 Å². The van der Waals surface area contributed by atoms with E-state index in [0.717, 1.165) is 6.26 Å². The van der Waals surface area contributed by atoms with Crippen LogP contribution in [0.3, 0.4) is 0 Å². The molecule has 2 N–H and O–H groups in total. The summed E-state index contributed by atoms with van der Waals surface area (Å²) >= 11 is 0. The number of ether oxygens (including phenoxy) is 1. The van der Waals surface area contributed by atoms with E-state index in [1.165, 1.54) is 16.0 Å². The number of aryl methyl sites for hydroxylation is 2. The molecule has 2 amide bonds. The molecule has 0 fully saturated rings. The molecule has 3 atom stereocenters. The standard InChI is InChI=1S/C23H33N5O6S/c1-14-11-28(16(3)13-29)23(31)17-8-7-9-18(24-22(30)19-10-15(2)25-27(19)5)21(17)34-20(14)12-26(4)35(6,32)33/h7-10,14,16,20,29H,11-13H2,1-6H3,(H,24,30)/t14-,16+,20+/m1/s1. The van der Waals surface area contributed by atoms with E-state index >= 15 is 0 Å². The van der Waals surface area contributed by atoms with Crippen LogP contribution in [0.1, 0.15) is 40.4 Å². The number of aliphatic hydroxyl groups is 1. The van der Waals surface area contributed by atoms with Crippen molar-refractivity contribution in [3.05, 3.63) is 41.2 Å². The highest BCUT2D eigenvalue weighted by atomic mass is 32.2. The van der Waals surface area contributed by atoms with Gasteiger partial charge in [-0.1, -0.05) is 13.0 Å². The van der Waals surface area contributed by atoms with Gasteiger partial charge in [0.15, 0.2) is 5.75 Å². The van der Waals surface area contributed by atoms with Gasteiger partial charge < -0.3 is 20.1 Å². The number of sulfonamides is 1. The molecule has 3 rings (SSSR count). The molecule has 192 valence electrons. The largest absolute Gasteiger partial charge is 0.486 e. The zero-order chi connectivity index (χ0) is 26.1. The number of aliphatic hydroxyl groups excluding tert-OH is 1. The number of benzene rings is 1. The molecule has 0 unspecified atom stereocenters. The lowest BCUT2D eigenvalue weighted by molar-refractivity contribution is 0.0389. The van der Waals surface area contributed by atoms with E-state index in [2.05, 4.69) is 10.4 Å². The summed E-state index contributed by atoms with van der Waals surface area (Å²) in [5.41, 5.74) is 1.49. The molecule has 1 aliphatic rings. The molecule has 0 saturated carbocycles. The fraction of sp³-hybridized carbons (Fsp3) is 0.522. The molecule has 0 spiro atoms. The quantitative estimate of drug-likeness (QED) is 0.573. The minimum atomic E-state index is -3.48. The third-order valence-corrected chi connectivity index (χ3v) is 7.46. The van der Waals surface area contributed by atoms with Crippen molar-refractivity contribution in [1.29, 1.82) is 0 Å². The van der Waals surface area contributed by atoms with Crippen LogP contribution < -0.4 is 10.1 Å². The van der Waals surface area contributed by atoms with Gasteiger partial charge in [-0.3, -0.25) is 14.3 Å². The summed E-state index contributed by atoms with van der Waals surface area (Å²) in [5, 5.41) is 16.8. The molecule has 1 aromatic carbocycles. The van der Waals surface area contributed by atoms with Gasteiger partial charge >= 0.3 is 0 Å². The van der Waals surface area contributed by atoms with E-state index in [4.69, 9.17) is 4.74 Å². The predicted octanol–water partition coefficient (Wildman–Crippen LogP) is 1.09. The first-order chi connectivity index (χ1) is 16.3. The van der Waals surface area contributed by atoms with E-state index in [0.29, 0.717) is 11.4 Å². The second kappa shape index (κ2) is 10.3. The highest BCUT2D eigenvalue weighted by Crippen LogP contribution is 2.35. The number of carbonyl (C=O) groups is 2. The van der Waals surface area contributed by atoms with Crippen molar-refractivity contribution in [3.63, 3.8) is 0 Å². The highest BCUT2D eigenvalue weighted by molar-refractivity contribution is 7.88. The van der Waals surface area contributed by atoms with Crippen molar-refractivity contribution >= 4 is 27.5 Å². The average Bonchev–Trinajstić information content (AvgIpc) is 3.13. The molecule has 35 heavy (non-hydrogen) atoms. The molecule has 0 aliphatic carbocycles. The molecule has 11 nitrogen and oxygen atoms in total. The van der Waals surface area contributed by atoms with Crippen LogP contribution in [0.2, 0.25) is 0 Å². The molecule has 2 aromatic rings. The Balaban J connectivity index is 2.07. The Labute approximate surface area is 205 Å². The molecule has 0 saturated heterocycles. The topological polar surface area (TPSA) is 134 Å². The third kappa shape index (κ3) is 5.82. The first-order valence-electron chi connectivity index (χ1n) is 11.3. The first-order valence-corrected chi connectivity index (χ1v) is 13.1. The van der Waals surface area contributed by atoms with Gasteiger partial charge in [0.25, 0.3) is 11.8 Å². The molecular formula is C23H33N5O6S. The number of aromatic nitrogens is 2. The number of para-hydroxylation sites is 1. The molecule has 1 aromatic heterocycles. The molecule has 0 bridgehead atoms. The lowest BCUT2D eigenvalue weighted by Gasteiger charge is -2.38. The van der Waals surface area contributed by atoms with Crippen LogP contribution in [0.15, 0.2) is 24.3 Å². The smallest absolute Gasteiger partial charge is 0.274 e. The minimum absolute atomic E-state index is 0.0399. The summed E-state index contributed by atoms with van der Waals surface area (Å²) in [4.78, 5) is 28.0. The van der Waals surface area contributed by atoms with Crippen LogP contribution in [0.4, 0.5) is 5.69 Å². The number of amides is 2. The Kier molecular flexibility index (Phi) is 7.87. The number of nitrogens with one attached hydrogen (secondary N) is 1. The highest BCUT2D eigenvalue weighted by Gasteiger charge is 2.35. The molecule has 0 radical (unpaired) electrons. The second-order valence-corrected chi connectivity index (χ2v) is 11.2. The Morgan fingerprint density at radius 1 is 1.40 bits per heavy atom. The Morgan fingerprint density at radius 2 is 2.09 bits per heavy atom. The Morgan fingerprint density at radius 3 is 2.66 bits per heavy atom. The fourth-order valence-electron chi connectivity index (χ4n) is 3.96. The van der Waals surface area contributed by atoms with Crippen LogP contribution in [0.25, 0.3) is 0 Å². The number of anilines is 1. The number of likely N-dealkylation sites (N-methyl/N-ethyl adjacent to an activating group) is 1. The van der Waals surface area contributed by atoms with E-state index in [-0.39, 0.29) is 48.5 Å². The fourth-order valence-corrected chi connectivity index (χ4v) is 4.38. The lowest BCUT2D eigenvalue weighted by Crippen LogP contribution is -2.50. The number of fused-ring (bicyclic) bond motifs is 1. The van der Waals surface area contributed by atoms with Crippen LogP contribution in [0, 0.1) is 12.8 Å². The minimum Gasteiger partial charge on any atom is -0.486 e. The number of nitrogens with zero attached hydrogens (tertiary/aromatic N) is 4. The Bertz CT molecular complexity index is 1210. The summed E-state index contributed by atoms with van der Waals surface area (Å²) in [6, 6.07) is 6.02. The van der Waals surface area contributed by atoms with Crippen molar-refractivity contribution in [3.8, 4) is 5.75 Å². The van der Waals surface area contributed by atoms with Gasteiger partial charge in [-0.05, 0) is 32.0 Å². The van der Waals surface area contributed by atoms with Crippen LogP contribution >= 0.6 is 0 Å². The molecular weight excluding hydrogens is 474 g/mol. The van der Waals surface area contributed by atoms with Crippen molar-refractivity contribution in [2.45, 2.75) is 32.9 Å². The molecule has 2 heterocycles. The molecule has 12 heteroatoms. The van der Waals surface area contributed by atoms with Gasteiger partial charge in [-0.2, -0.15) is 5.10 Å². The molecule has 1 aliphatic heterocycles. The third-order valence-electron chi connectivity index (χ3n) is 6.18. The number of hydrogen-bond donors (Lipinski definition) is 2. The van der Waals surface area contributed by atoms with Crippen molar-refractivity contribution in [2.75, 3.05) is 38.3 Å². The zero-order valence-electron chi connectivity index (χ0n) is 20.8. The average molecular weight is 508 g/mol. The maximum atomic E-state index is 13.5. The summed E-state index contributed by atoms with van der Waals surface area (Å²) in [6.45, 7) is 5.43. The number of rotatable bonds is 7. The van der Waals surface area contributed by atoms with Crippen molar-refractivity contribution in [1.82, 2.24) is 19.0 Å². The van der Waals surface area contributed by atoms with E-state index in [9.17, 15) is 23.1 Å². The van der Waals surface area contributed by atoms with E-state index in [1.54, 1.807) is 50.1 Å². The predicted molar refractivity (Wildman–Crippen MR) is 131 cm³/mol. The lowest BCUT2D eigenvalue weighted by atomic mass is 9.99. The summed E-state index contributed by atoms with van der Waals surface area (Å²) in [5.74, 6) is -0.916. The zero-order valence-corrected chi connectivity index (χ0v) is 21.7. The number of hydrogen-bond acceptors (Lipinski definition) is 7. The van der Waals surface area contributed by atoms with Gasteiger partial charge in [0.1, 0.15) is 11.8 Å². The van der Waals surface area contributed by atoms with Crippen LogP contribution in [-0.4, -0.2) is 89.5 Å². The van der Waals surface area contributed by atoms with Crippen molar-refractivity contribution in [2.24, 2.45) is 13.0 Å². The van der Waals surface area contributed by atoms with Crippen LogP contribution in [-0.2, 0) is 17.1 Å². The number of carbonyl (C=O) groups excluding carboxylic acids is 2. The van der Waals surface area contributed by atoms with Crippen LogP contribution in [0.5, 0.6) is 5.75 Å². The maximum absolute atomic E-state index is 13.5. The summed E-state index contributed by atoms with van der Waals surface area (Å²) in [7, 11) is -0.365. The van der Waals surface area contributed by atoms with Gasteiger partial charge in [0.05, 0.1) is 42.4 Å². The van der Waals surface area contributed by atoms with Gasteiger partial charge in [0, 0.05) is 26.6 Å². The van der Waals surface area contributed by atoms with Gasteiger partial charge in [-0.15, -0.1) is 0 Å². The first kappa shape index (κ1) is 26.6. The van der Waals surface area contributed by atoms with E-state index in [1.807, 2.05) is 6.92 Å². The normalized spacial score (nSPS) is 19.5. The second-order valence-electron chi connectivity index (χ2n) is 9.10. The maximum Gasteiger partial charge on any atom is 0.274 e. The van der Waals surface area contributed by atoms with Crippen molar-refractivity contribution < 1.29 is 27.9 Å². The Hall–Kier alpha value is -2.96. The van der Waals surface area contributed by atoms with Gasteiger partial charge in [0.2, 0.25) is 10.0 Å². The monoisotopic (exact) mass is 507 g/mol. The summed E-state index contributed by atoms with van der Waals surface area (Å²) < 4.78 is 33.1. The SMILES string of the molecule is Cc1cc(C(=O)Nc2cccc3c2O[C@@H](CN(C)S(C)(=O)=O)[C@H](C)CN([C@@H](C)CO)C3=O)n(C)n1. The van der Waals surface area contributed by atoms with Gasteiger partial charge in [-0.25, -0.2) is 12.7 Å². The summed E-state index contributed by atoms with van der Waals surface area (Å²) in [6.07, 6.45) is 0.478.